The summed E-state index contributed by atoms with van der Waals surface area (Å²) >= 11 is 5.83. The van der Waals surface area contributed by atoms with Crippen LogP contribution in [-0.4, -0.2) is 15.5 Å². The van der Waals surface area contributed by atoms with Crippen molar-refractivity contribution in [1.82, 2.24) is 9.55 Å². The van der Waals surface area contributed by atoms with Crippen LogP contribution in [0.1, 0.15) is 18.7 Å². The van der Waals surface area contributed by atoms with Crippen LogP contribution >= 0.6 is 11.6 Å². The fraction of sp³-hybridized carbons (Fsp3) is 0.308. The third kappa shape index (κ3) is 2.93. The molecule has 0 radical (unpaired) electrons. The molecule has 0 aliphatic heterocycles. The Hall–Kier alpha value is -1.88. The van der Waals surface area contributed by atoms with Crippen LogP contribution in [0.25, 0.3) is 10.9 Å². The maximum Gasteiger partial charge on any atom is 0.261 e. The lowest BCUT2D eigenvalue weighted by atomic mass is 10.2. The van der Waals surface area contributed by atoms with Gasteiger partial charge in [-0.15, -0.1) is 11.6 Å². The number of hydrogen-bond acceptors (Lipinski definition) is 3. The van der Waals surface area contributed by atoms with Gasteiger partial charge in [0.25, 0.3) is 5.56 Å². The number of carbonyl (C=O) groups excluding carboxylic acids is 1. The van der Waals surface area contributed by atoms with E-state index in [1.165, 1.54) is 4.57 Å². The number of amides is 1. The third-order valence-electron chi connectivity index (χ3n) is 2.87. The van der Waals surface area contributed by atoms with Crippen molar-refractivity contribution in [2.75, 3.05) is 0 Å². The molecule has 1 aromatic carbocycles. The van der Waals surface area contributed by atoms with Crippen LogP contribution in [0.2, 0.25) is 0 Å². The number of nitrogens with two attached hydrogens (primary N) is 1. The van der Waals surface area contributed by atoms with E-state index in [1.807, 2.05) is 6.07 Å². The van der Waals surface area contributed by atoms with Crippen molar-refractivity contribution >= 4 is 28.4 Å². The molecule has 0 aliphatic carbocycles. The summed E-state index contributed by atoms with van der Waals surface area (Å²) in [5.41, 5.74) is 5.59. The summed E-state index contributed by atoms with van der Waals surface area (Å²) in [4.78, 5) is 27.4. The van der Waals surface area contributed by atoms with Crippen LogP contribution in [0, 0.1) is 0 Å². The molecule has 2 aromatic rings. The van der Waals surface area contributed by atoms with Crippen molar-refractivity contribution in [1.29, 1.82) is 0 Å². The largest absolute Gasteiger partial charge is 0.370 e. The highest BCUT2D eigenvalue weighted by molar-refractivity contribution is 6.16. The summed E-state index contributed by atoms with van der Waals surface area (Å²) < 4.78 is 1.51. The van der Waals surface area contributed by atoms with Gasteiger partial charge in [0.2, 0.25) is 5.91 Å². The van der Waals surface area contributed by atoms with Crippen LogP contribution in [-0.2, 0) is 17.2 Å². The number of halogens is 1. The molecule has 2 rings (SSSR count). The molecule has 0 bridgehead atoms. The van der Waals surface area contributed by atoms with E-state index < -0.39 is 0 Å². The van der Waals surface area contributed by atoms with Gasteiger partial charge in [-0.25, -0.2) is 4.98 Å². The number of benzene rings is 1. The molecule has 19 heavy (non-hydrogen) atoms. The minimum atomic E-state index is -0.380. The fourth-order valence-corrected chi connectivity index (χ4v) is 2.16. The standard InChI is InChI=1S/C13H14ClN3O2/c14-8-12-16-10-5-2-1-4-9(10)13(19)17(12)7-3-6-11(15)18/h1-2,4-5H,3,6-8H2,(H2,15,18). The maximum atomic E-state index is 12.3. The normalized spacial score (nSPS) is 10.8. The van der Waals surface area contributed by atoms with E-state index in [9.17, 15) is 9.59 Å². The van der Waals surface area contributed by atoms with E-state index in [1.54, 1.807) is 18.2 Å². The summed E-state index contributed by atoms with van der Waals surface area (Å²) in [6, 6.07) is 7.12. The van der Waals surface area contributed by atoms with Crippen LogP contribution in [0.4, 0.5) is 0 Å². The van der Waals surface area contributed by atoms with Crippen molar-refractivity contribution < 1.29 is 4.79 Å². The predicted molar refractivity (Wildman–Crippen MR) is 74.0 cm³/mol. The molecular formula is C13H14ClN3O2. The molecule has 0 saturated carbocycles. The van der Waals surface area contributed by atoms with Gasteiger partial charge in [0.05, 0.1) is 16.8 Å². The average molecular weight is 280 g/mol. The van der Waals surface area contributed by atoms with Gasteiger partial charge in [0.1, 0.15) is 5.82 Å². The van der Waals surface area contributed by atoms with Crippen molar-refractivity contribution in [2.45, 2.75) is 25.3 Å². The maximum absolute atomic E-state index is 12.3. The molecule has 2 N–H and O–H groups in total. The molecule has 1 amide bonds. The van der Waals surface area contributed by atoms with Crippen LogP contribution < -0.4 is 11.3 Å². The second kappa shape index (κ2) is 5.84. The first-order valence-corrected chi connectivity index (χ1v) is 6.49. The molecule has 0 spiro atoms. The van der Waals surface area contributed by atoms with Gasteiger partial charge in [-0.3, -0.25) is 14.2 Å². The molecule has 0 aliphatic rings. The first-order chi connectivity index (χ1) is 9.13. The summed E-state index contributed by atoms with van der Waals surface area (Å²) in [6.45, 7) is 0.391. The molecule has 6 heteroatoms. The van der Waals surface area contributed by atoms with Gasteiger partial charge in [-0.1, -0.05) is 12.1 Å². The number of aromatic nitrogens is 2. The number of primary amides is 1. The van der Waals surface area contributed by atoms with Crippen molar-refractivity contribution in [2.24, 2.45) is 5.73 Å². The van der Waals surface area contributed by atoms with E-state index in [0.29, 0.717) is 29.7 Å². The Morgan fingerprint density at radius 2 is 2.11 bits per heavy atom. The zero-order valence-electron chi connectivity index (χ0n) is 10.3. The topological polar surface area (TPSA) is 78.0 Å². The number of carbonyl (C=O) groups is 1. The van der Waals surface area contributed by atoms with Gasteiger partial charge >= 0.3 is 0 Å². The lowest BCUT2D eigenvalue weighted by molar-refractivity contribution is -0.118. The Morgan fingerprint density at radius 1 is 1.37 bits per heavy atom. The summed E-state index contributed by atoms with van der Waals surface area (Å²) in [6.07, 6.45) is 0.736. The Bertz CT molecular complexity index is 666. The lowest BCUT2D eigenvalue weighted by Crippen LogP contribution is -2.25. The Kier molecular flexibility index (Phi) is 4.16. The summed E-state index contributed by atoms with van der Waals surface area (Å²) in [7, 11) is 0. The number of alkyl halides is 1. The van der Waals surface area contributed by atoms with Gasteiger partial charge in [-0.2, -0.15) is 0 Å². The van der Waals surface area contributed by atoms with E-state index in [-0.39, 0.29) is 23.8 Å². The highest BCUT2D eigenvalue weighted by atomic mass is 35.5. The highest BCUT2D eigenvalue weighted by Crippen LogP contribution is 2.10. The van der Waals surface area contributed by atoms with Gasteiger partial charge in [0.15, 0.2) is 0 Å². The minimum absolute atomic E-state index is 0.134. The quantitative estimate of drug-likeness (QED) is 0.841. The number of hydrogen-bond donors (Lipinski definition) is 1. The molecule has 0 saturated heterocycles. The van der Waals surface area contributed by atoms with Gasteiger partial charge in [-0.05, 0) is 18.6 Å². The second-order valence-electron chi connectivity index (χ2n) is 4.21. The molecule has 0 fully saturated rings. The molecule has 5 nitrogen and oxygen atoms in total. The van der Waals surface area contributed by atoms with Crippen LogP contribution in [0.3, 0.4) is 0 Å². The molecule has 0 unspecified atom stereocenters. The molecule has 1 aromatic heterocycles. The smallest absolute Gasteiger partial charge is 0.261 e. The highest BCUT2D eigenvalue weighted by Gasteiger charge is 2.09. The van der Waals surface area contributed by atoms with Crippen molar-refractivity contribution in [3.05, 3.63) is 40.4 Å². The SMILES string of the molecule is NC(=O)CCCn1c(CCl)nc2ccccc2c1=O. The molecular weight excluding hydrogens is 266 g/mol. The predicted octanol–water partition coefficient (Wildman–Crippen LogP) is 1.40. The zero-order valence-corrected chi connectivity index (χ0v) is 11.1. The first-order valence-electron chi connectivity index (χ1n) is 5.96. The Morgan fingerprint density at radius 3 is 2.79 bits per heavy atom. The van der Waals surface area contributed by atoms with E-state index >= 15 is 0 Å². The number of rotatable bonds is 5. The van der Waals surface area contributed by atoms with Crippen LogP contribution in [0.5, 0.6) is 0 Å². The fourth-order valence-electron chi connectivity index (χ4n) is 1.96. The van der Waals surface area contributed by atoms with Gasteiger partial charge < -0.3 is 5.73 Å². The second-order valence-corrected chi connectivity index (χ2v) is 4.47. The van der Waals surface area contributed by atoms with E-state index in [0.717, 1.165) is 0 Å². The van der Waals surface area contributed by atoms with E-state index in [4.69, 9.17) is 17.3 Å². The monoisotopic (exact) mass is 279 g/mol. The molecule has 100 valence electrons. The minimum Gasteiger partial charge on any atom is -0.370 e. The molecule has 1 heterocycles. The average Bonchev–Trinajstić information content (AvgIpc) is 2.40. The van der Waals surface area contributed by atoms with Gasteiger partial charge in [0, 0.05) is 13.0 Å². The number of para-hydroxylation sites is 1. The van der Waals surface area contributed by atoms with Crippen molar-refractivity contribution in [3.8, 4) is 0 Å². The lowest BCUT2D eigenvalue weighted by Gasteiger charge is -2.11. The number of fused-ring (bicyclic) bond motifs is 1. The molecule has 0 atom stereocenters. The Labute approximate surface area is 115 Å². The van der Waals surface area contributed by atoms with E-state index in [2.05, 4.69) is 4.98 Å². The zero-order chi connectivity index (χ0) is 13.8. The summed E-state index contributed by atoms with van der Waals surface area (Å²) in [5.74, 6) is 0.278. The Balaban J connectivity index is 2.43. The summed E-state index contributed by atoms with van der Waals surface area (Å²) in [5, 5.41) is 0.551. The van der Waals surface area contributed by atoms with Crippen LogP contribution in [0.15, 0.2) is 29.1 Å². The van der Waals surface area contributed by atoms with Crippen molar-refractivity contribution in [3.63, 3.8) is 0 Å². The third-order valence-corrected chi connectivity index (χ3v) is 3.10. The number of nitrogens with zero attached hydrogens (tertiary/aromatic N) is 2. The first kappa shape index (κ1) is 13.5.